The Morgan fingerprint density at radius 2 is 2.04 bits per heavy atom. The van der Waals surface area contributed by atoms with Crippen molar-refractivity contribution in [3.05, 3.63) is 12.7 Å². The van der Waals surface area contributed by atoms with Crippen LogP contribution >= 0.6 is 7.60 Å². The van der Waals surface area contributed by atoms with Crippen LogP contribution < -0.4 is 11.5 Å². The summed E-state index contributed by atoms with van der Waals surface area (Å²) in [5.41, 5.74) is 11.5. The Kier molecular flexibility index (Phi) is 7.49. The van der Waals surface area contributed by atoms with Crippen molar-refractivity contribution in [1.82, 2.24) is 19.5 Å². The number of ether oxygens (including phenoxy) is 1. The summed E-state index contributed by atoms with van der Waals surface area (Å²) in [4.78, 5) is 29.4. The highest BCUT2D eigenvalue weighted by atomic mass is 31.2. The SMILES string of the molecule is C[C@H](Cn1cnc2c(N)ncnc21)OCP(=O)(O)O.NCCO. The average molecular weight is 348 g/mol. The first-order chi connectivity index (χ1) is 10.8. The second-order valence-corrected chi connectivity index (χ2v) is 6.20. The molecule has 0 aromatic carbocycles. The Bertz CT molecular complexity index is 657. The number of nitrogen functional groups attached to an aromatic ring is 1. The Labute approximate surface area is 132 Å². The van der Waals surface area contributed by atoms with E-state index in [2.05, 4.69) is 15.0 Å². The monoisotopic (exact) mass is 348 g/mol. The van der Waals surface area contributed by atoms with Gasteiger partial charge in [0.25, 0.3) is 0 Å². The largest absolute Gasteiger partial charge is 0.395 e. The second-order valence-electron chi connectivity index (χ2n) is 4.61. The van der Waals surface area contributed by atoms with Crippen molar-refractivity contribution in [3.63, 3.8) is 0 Å². The molecule has 0 saturated carbocycles. The zero-order chi connectivity index (χ0) is 17.5. The van der Waals surface area contributed by atoms with Crippen LogP contribution in [-0.4, -0.2) is 60.0 Å². The first-order valence-electron chi connectivity index (χ1n) is 6.67. The molecule has 0 amide bonds. The molecular formula is C11H21N6O5P. The molecule has 2 rings (SSSR count). The van der Waals surface area contributed by atoms with Crippen LogP contribution in [-0.2, 0) is 15.8 Å². The molecule has 7 N–H and O–H groups in total. The van der Waals surface area contributed by atoms with Crippen LogP contribution in [0.15, 0.2) is 12.7 Å². The second kappa shape index (κ2) is 8.87. The molecule has 11 nitrogen and oxygen atoms in total. The number of hydrogen-bond donors (Lipinski definition) is 5. The average Bonchev–Trinajstić information content (AvgIpc) is 2.89. The summed E-state index contributed by atoms with van der Waals surface area (Å²) in [5.74, 6) is 0.285. The van der Waals surface area contributed by atoms with Crippen molar-refractivity contribution in [3.8, 4) is 0 Å². The number of fused-ring (bicyclic) bond motifs is 1. The van der Waals surface area contributed by atoms with Gasteiger partial charge < -0.3 is 35.7 Å². The van der Waals surface area contributed by atoms with Crippen LogP contribution in [0.2, 0.25) is 0 Å². The van der Waals surface area contributed by atoms with E-state index in [4.69, 9.17) is 31.1 Å². The van der Waals surface area contributed by atoms with Gasteiger partial charge >= 0.3 is 7.60 Å². The Morgan fingerprint density at radius 3 is 2.61 bits per heavy atom. The number of hydrogen-bond acceptors (Lipinski definition) is 8. The molecule has 2 heterocycles. The lowest BCUT2D eigenvalue weighted by molar-refractivity contribution is 0.0764. The van der Waals surface area contributed by atoms with E-state index >= 15 is 0 Å². The lowest BCUT2D eigenvalue weighted by Crippen LogP contribution is -2.17. The van der Waals surface area contributed by atoms with E-state index in [0.717, 1.165) is 0 Å². The molecule has 1 atom stereocenters. The maximum atomic E-state index is 10.7. The van der Waals surface area contributed by atoms with Crippen molar-refractivity contribution >= 4 is 24.6 Å². The van der Waals surface area contributed by atoms with Gasteiger partial charge in [-0.2, -0.15) is 0 Å². The predicted molar refractivity (Wildman–Crippen MR) is 83.3 cm³/mol. The molecule has 0 radical (unpaired) electrons. The Hall–Kier alpha value is -1.62. The normalized spacial score (nSPS) is 12.7. The first-order valence-corrected chi connectivity index (χ1v) is 8.46. The molecule has 2 aromatic heterocycles. The molecule has 23 heavy (non-hydrogen) atoms. The standard InChI is InChI=1S/C9H14N5O4P.C2H7NO/c1-6(18-5-19(15,16)17)2-14-4-13-7-8(10)11-3-12-9(7)14;3-1-2-4/h3-4,6H,2,5H2,1H3,(H2,10,11,12)(H2,15,16,17);4H,1-3H2/t6-;/m1./s1. The van der Waals surface area contributed by atoms with Gasteiger partial charge in [-0.3, -0.25) is 4.57 Å². The van der Waals surface area contributed by atoms with Crippen molar-refractivity contribution in [2.24, 2.45) is 5.73 Å². The molecule has 0 aliphatic carbocycles. The zero-order valence-electron chi connectivity index (χ0n) is 12.6. The minimum atomic E-state index is -4.16. The smallest absolute Gasteiger partial charge is 0.350 e. The summed E-state index contributed by atoms with van der Waals surface area (Å²) < 4.78 is 17.5. The number of rotatable bonds is 6. The fourth-order valence-corrected chi connectivity index (χ4v) is 2.04. The highest BCUT2D eigenvalue weighted by Crippen LogP contribution is 2.34. The topological polar surface area (TPSA) is 183 Å². The van der Waals surface area contributed by atoms with E-state index in [1.165, 1.54) is 12.7 Å². The summed E-state index contributed by atoms with van der Waals surface area (Å²) in [6, 6.07) is 0. The molecule has 0 spiro atoms. The van der Waals surface area contributed by atoms with Gasteiger partial charge in [-0.15, -0.1) is 0 Å². The third kappa shape index (κ3) is 6.57. The van der Waals surface area contributed by atoms with Gasteiger partial charge in [-0.1, -0.05) is 0 Å². The zero-order valence-corrected chi connectivity index (χ0v) is 13.5. The van der Waals surface area contributed by atoms with Crippen LogP contribution in [0.1, 0.15) is 6.92 Å². The molecule has 12 heteroatoms. The van der Waals surface area contributed by atoms with Gasteiger partial charge in [0.15, 0.2) is 11.5 Å². The minimum absolute atomic E-state index is 0.0972. The molecule has 0 aliphatic rings. The quantitative estimate of drug-likeness (QED) is 0.401. The van der Waals surface area contributed by atoms with Crippen molar-refractivity contribution in [2.45, 2.75) is 19.6 Å². The molecule has 0 aliphatic heterocycles. The van der Waals surface area contributed by atoms with Gasteiger partial charge in [0.05, 0.1) is 25.6 Å². The molecule has 0 fully saturated rings. The molecule has 0 bridgehead atoms. The Morgan fingerprint density at radius 1 is 1.39 bits per heavy atom. The third-order valence-electron chi connectivity index (χ3n) is 2.54. The van der Waals surface area contributed by atoms with Gasteiger partial charge in [0.1, 0.15) is 18.2 Å². The minimum Gasteiger partial charge on any atom is -0.395 e. The molecular weight excluding hydrogens is 327 g/mol. The highest BCUT2D eigenvalue weighted by molar-refractivity contribution is 7.51. The number of imidazole rings is 1. The fraction of sp³-hybridized carbons (Fsp3) is 0.545. The maximum absolute atomic E-state index is 10.7. The summed E-state index contributed by atoms with van der Waals surface area (Å²) in [6.07, 6.45) is 1.85. The summed E-state index contributed by atoms with van der Waals surface area (Å²) in [5, 5.41) is 7.75. The number of aromatic nitrogens is 4. The number of nitrogens with two attached hydrogens (primary N) is 2. The summed E-state index contributed by atoms with van der Waals surface area (Å²) in [7, 11) is -4.16. The third-order valence-corrected chi connectivity index (χ3v) is 3.03. The molecule has 0 saturated heterocycles. The molecule has 2 aromatic rings. The van der Waals surface area contributed by atoms with Crippen LogP contribution in [0.3, 0.4) is 0 Å². The summed E-state index contributed by atoms with van der Waals surface area (Å²) in [6.45, 7) is 2.53. The van der Waals surface area contributed by atoms with Crippen LogP contribution in [0, 0.1) is 0 Å². The van der Waals surface area contributed by atoms with E-state index in [1.54, 1.807) is 11.5 Å². The lowest BCUT2D eigenvalue weighted by atomic mass is 10.4. The maximum Gasteiger partial charge on any atom is 0.350 e. The van der Waals surface area contributed by atoms with E-state index < -0.39 is 20.0 Å². The van der Waals surface area contributed by atoms with E-state index in [0.29, 0.717) is 24.3 Å². The van der Waals surface area contributed by atoms with Gasteiger partial charge in [0, 0.05) is 6.54 Å². The number of aliphatic hydroxyl groups excluding tert-OH is 1. The lowest BCUT2D eigenvalue weighted by Gasteiger charge is -2.14. The number of aliphatic hydroxyl groups is 1. The fourth-order valence-electron chi connectivity index (χ4n) is 1.59. The van der Waals surface area contributed by atoms with Gasteiger partial charge in [0.2, 0.25) is 0 Å². The van der Waals surface area contributed by atoms with Crippen molar-refractivity contribution < 1.29 is 24.2 Å². The molecule has 130 valence electrons. The van der Waals surface area contributed by atoms with Crippen LogP contribution in [0.4, 0.5) is 5.82 Å². The number of anilines is 1. The summed E-state index contributed by atoms with van der Waals surface area (Å²) >= 11 is 0. The van der Waals surface area contributed by atoms with E-state index in [1.807, 2.05) is 0 Å². The Balaban J connectivity index is 0.000000593. The van der Waals surface area contributed by atoms with E-state index in [-0.39, 0.29) is 12.4 Å². The van der Waals surface area contributed by atoms with Crippen molar-refractivity contribution in [1.29, 1.82) is 0 Å². The van der Waals surface area contributed by atoms with E-state index in [9.17, 15) is 4.57 Å². The van der Waals surface area contributed by atoms with Crippen molar-refractivity contribution in [2.75, 3.05) is 25.2 Å². The van der Waals surface area contributed by atoms with Gasteiger partial charge in [-0.05, 0) is 6.92 Å². The number of nitrogens with zero attached hydrogens (tertiary/aromatic N) is 4. The van der Waals surface area contributed by atoms with Gasteiger partial charge in [-0.25, -0.2) is 15.0 Å². The molecule has 0 unspecified atom stereocenters. The first kappa shape index (κ1) is 19.4. The predicted octanol–water partition coefficient (Wildman–Crippen LogP) is -1.11. The van der Waals surface area contributed by atoms with Crippen LogP contribution in [0.25, 0.3) is 11.2 Å². The van der Waals surface area contributed by atoms with Crippen LogP contribution in [0.5, 0.6) is 0 Å². The highest BCUT2D eigenvalue weighted by Gasteiger charge is 2.16.